The maximum absolute atomic E-state index is 13.2. The van der Waals surface area contributed by atoms with Crippen molar-refractivity contribution in [3.05, 3.63) is 46.6 Å². The van der Waals surface area contributed by atoms with E-state index in [1.54, 1.807) is 20.8 Å². The predicted molar refractivity (Wildman–Crippen MR) is 104 cm³/mol. The number of carbonyl (C=O) groups is 2. The Kier molecular flexibility index (Phi) is 5.64. The first kappa shape index (κ1) is 20.5. The molecule has 9 nitrogen and oxygen atoms in total. The van der Waals surface area contributed by atoms with Crippen LogP contribution in [0, 0.1) is 5.82 Å². The maximum atomic E-state index is 13.2. The Hall–Kier alpha value is -3.27. The van der Waals surface area contributed by atoms with Gasteiger partial charge >= 0.3 is 6.09 Å². The first-order valence-electron chi connectivity index (χ1n) is 8.55. The molecule has 0 aliphatic heterocycles. The molecule has 11 heteroatoms. The fourth-order valence-corrected chi connectivity index (χ4v) is 2.61. The van der Waals surface area contributed by atoms with Crippen LogP contribution in [0.1, 0.15) is 36.8 Å². The van der Waals surface area contributed by atoms with E-state index in [2.05, 4.69) is 30.8 Å². The number of halogens is 2. The van der Waals surface area contributed by atoms with Gasteiger partial charge in [-0.05, 0) is 38.5 Å². The van der Waals surface area contributed by atoms with Crippen molar-refractivity contribution < 1.29 is 18.7 Å². The highest BCUT2D eigenvalue weighted by atomic mass is 35.5. The molecule has 3 rings (SSSR count). The number of fused-ring (bicyclic) bond motifs is 1. The van der Waals surface area contributed by atoms with Crippen LogP contribution in [-0.2, 0) is 11.3 Å². The minimum atomic E-state index is -0.705. The van der Waals surface area contributed by atoms with Crippen molar-refractivity contribution >= 4 is 40.5 Å². The van der Waals surface area contributed by atoms with E-state index >= 15 is 0 Å². The zero-order valence-electron chi connectivity index (χ0n) is 15.8. The second-order valence-electron chi connectivity index (χ2n) is 7.08. The Morgan fingerprint density at radius 3 is 2.72 bits per heavy atom. The summed E-state index contributed by atoms with van der Waals surface area (Å²) in [5, 5.41) is 11.7. The summed E-state index contributed by atoms with van der Waals surface area (Å²) in [6.45, 7) is 5.30. The molecule has 0 fully saturated rings. The zero-order valence-corrected chi connectivity index (χ0v) is 16.6. The van der Waals surface area contributed by atoms with E-state index in [4.69, 9.17) is 16.3 Å². The van der Waals surface area contributed by atoms with Crippen molar-refractivity contribution in [3.63, 3.8) is 0 Å². The molecule has 0 aliphatic carbocycles. The van der Waals surface area contributed by atoms with E-state index in [1.165, 1.54) is 24.5 Å². The number of benzene rings is 1. The minimum absolute atomic E-state index is 0.0346. The van der Waals surface area contributed by atoms with Crippen LogP contribution in [0.4, 0.5) is 15.0 Å². The van der Waals surface area contributed by atoms with Gasteiger partial charge in [-0.1, -0.05) is 17.7 Å². The lowest BCUT2D eigenvalue weighted by Crippen LogP contribution is -2.27. The number of hydrogen-bond acceptors (Lipinski definition) is 6. The predicted octanol–water partition coefficient (Wildman–Crippen LogP) is 3.42. The first-order chi connectivity index (χ1) is 13.6. The van der Waals surface area contributed by atoms with Gasteiger partial charge in [0.1, 0.15) is 28.8 Å². The molecule has 2 aromatic heterocycles. The van der Waals surface area contributed by atoms with Gasteiger partial charge in [0.05, 0.1) is 5.02 Å². The molecular weight excluding hydrogens is 403 g/mol. The third kappa shape index (κ3) is 4.96. The summed E-state index contributed by atoms with van der Waals surface area (Å²) in [5.74, 6) is -0.942. The average molecular weight is 421 g/mol. The fourth-order valence-electron chi connectivity index (χ4n) is 2.41. The second-order valence-corrected chi connectivity index (χ2v) is 7.48. The van der Waals surface area contributed by atoms with Crippen LogP contribution in [0.2, 0.25) is 5.02 Å². The van der Waals surface area contributed by atoms with E-state index in [0.29, 0.717) is 5.56 Å². The normalized spacial score (nSPS) is 11.3. The second kappa shape index (κ2) is 8.00. The Balaban J connectivity index is 1.76. The van der Waals surface area contributed by atoms with Crippen molar-refractivity contribution in [3.8, 4) is 0 Å². The molecule has 3 N–H and O–H groups in total. The van der Waals surface area contributed by atoms with Crippen LogP contribution >= 0.6 is 11.6 Å². The molecule has 2 amide bonds. The monoisotopic (exact) mass is 420 g/mol. The summed E-state index contributed by atoms with van der Waals surface area (Å²) >= 11 is 5.74. The summed E-state index contributed by atoms with van der Waals surface area (Å²) in [7, 11) is 0. The molecular formula is C18H18ClFN6O3. The third-order valence-electron chi connectivity index (χ3n) is 3.62. The van der Waals surface area contributed by atoms with Gasteiger partial charge < -0.3 is 10.1 Å². The number of H-pyrrole nitrogens is 1. The Morgan fingerprint density at radius 2 is 2.03 bits per heavy atom. The number of hydrogen-bond donors (Lipinski definition) is 3. The summed E-state index contributed by atoms with van der Waals surface area (Å²) in [5.41, 5.74) is 0.466. The molecule has 0 aliphatic rings. The van der Waals surface area contributed by atoms with E-state index < -0.39 is 23.4 Å². The molecule has 29 heavy (non-hydrogen) atoms. The van der Waals surface area contributed by atoms with Gasteiger partial charge in [-0.15, -0.1) is 0 Å². The van der Waals surface area contributed by atoms with Crippen LogP contribution in [0.25, 0.3) is 11.0 Å². The van der Waals surface area contributed by atoms with E-state index in [9.17, 15) is 14.0 Å². The van der Waals surface area contributed by atoms with Gasteiger partial charge in [0.2, 0.25) is 0 Å². The third-order valence-corrected chi connectivity index (χ3v) is 3.91. The highest BCUT2D eigenvalue weighted by Crippen LogP contribution is 2.21. The molecule has 152 valence electrons. The van der Waals surface area contributed by atoms with Crippen molar-refractivity contribution in [1.82, 2.24) is 25.5 Å². The number of aromatic nitrogens is 4. The number of aromatic amines is 1. The number of amides is 2. The Bertz CT molecular complexity index is 1080. The summed E-state index contributed by atoms with van der Waals surface area (Å²) < 4.78 is 18.4. The van der Waals surface area contributed by atoms with Crippen LogP contribution in [0.3, 0.4) is 0 Å². The molecule has 2 heterocycles. The Morgan fingerprint density at radius 1 is 1.28 bits per heavy atom. The topological polar surface area (TPSA) is 122 Å². The van der Waals surface area contributed by atoms with Gasteiger partial charge in [0.25, 0.3) is 5.91 Å². The summed E-state index contributed by atoms with van der Waals surface area (Å²) in [6.07, 6.45) is 0.477. The van der Waals surface area contributed by atoms with Gasteiger partial charge in [-0.2, -0.15) is 5.10 Å². The van der Waals surface area contributed by atoms with E-state index in [0.717, 1.165) is 0 Å². The van der Waals surface area contributed by atoms with E-state index in [-0.39, 0.29) is 34.1 Å². The van der Waals surface area contributed by atoms with Crippen molar-refractivity contribution in [1.29, 1.82) is 0 Å². The molecule has 0 atom stereocenters. The van der Waals surface area contributed by atoms with Crippen LogP contribution in [0.5, 0.6) is 0 Å². The summed E-state index contributed by atoms with van der Waals surface area (Å²) in [4.78, 5) is 32.5. The standard InChI is InChI=1S/C18H18ClFN6O3/c1-18(2,3)29-17(28)24-15-13-12(25-26-15)14(23-8-22-13)16(27)21-7-9-4-5-11(20)10(19)6-9/h4-6,8H,7H2,1-3H3,(H,21,27)(H2,24,25,26,28). The SMILES string of the molecule is CC(C)(C)OC(=O)Nc1n[nH]c2c(C(=O)NCc3ccc(F)c(Cl)c3)ncnc12. The fraction of sp³-hybridized carbons (Fsp3) is 0.278. The van der Waals surface area contributed by atoms with Crippen molar-refractivity contribution in [2.45, 2.75) is 32.9 Å². The summed E-state index contributed by atoms with van der Waals surface area (Å²) in [6, 6.07) is 4.15. The number of ether oxygens (including phenoxy) is 1. The smallest absolute Gasteiger partial charge is 0.413 e. The highest BCUT2D eigenvalue weighted by Gasteiger charge is 2.21. The van der Waals surface area contributed by atoms with Gasteiger partial charge in [0.15, 0.2) is 11.5 Å². The largest absolute Gasteiger partial charge is 0.444 e. The van der Waals surface area contributed by atoms with Gasteiger partial charge in [0, 0.05) is 6.54 Å². The molecule has 0 bridgehead atoms. The van der Waals surface area contributed by atoms with Crippen molar-refractivity contribution in [2.75, 3.05) is 5.32 Å². The number of rotatable bonds is 4. The number of carbonyl (C=O) groups excluding carboxylic acids is 2. The average Bonchev–Trinajstić information content (AvgIpc) is 3.03. The van der Waals surface area contributed by atoms with Gasteiger partial charge in [-0.25, -0.2) is 19.2 Å². The lowest BCUT2D eigenvalue weighted by molar-refractivity contribution is 0.0635. The molecule has 0 saturated heterocycles. The number of nitrogens with zero attached hydrogens (tertiary/aromatic N) is 3. The molecule has 0 spiro atoms. The minimum Gasteiger partial charge on any atom is -0.444 e. The first-order valence-corrected chi connectivity index (χ1v) is 8.93. The van der Waals surface area contributed by atoms with Gasteiger partial charge in [-0.3, -0.25) is 15.2 Å². The van der Waals surface area contributed by atoms with Crippen molar-refractivity contribution in [2.24, 2.45) is 0 Å². The molecule has 3 aromatic rings. The molecule has 0 unspecified atom stereocenters. The van der Waals surface area contributed by atoms with E-state index in [1.807, 2.05) is 0 Å². The lowest BCUT2D eigenvalue weighted by Gasteiger charge is -2.19. The molecule has 0 radical (unpaired) electrons. The quantitative estimate of drug-likeness (QED) is 0.594. The Labute approximate surface area is 170 Å². The van der Waals surface area contributed by atoms with Crippen LogP contribution < -0.4 is 10.6 Å². The maximum Gasteiger partial charge on any atom is 0.413 e. The number of nitrogens with one attached hydrogen (secondary N) is 3. The molecule has 1 aromatic carbocycles. The number of anilines is 1. The lowest BCUT2D eigenvalue weighted by atomic mass is 10.2. The van der Waals surface area contributed by atoms with Crippen LogP contribution in [-0.4, -0.2) is 37.8 Å². The van der Waals surface area contributed by atoms with Crippen LogP contribution in [0.15, 0.2) is 24.5 Å². The molecule has 0 saturated carbocycles. The zero-order chi connectivity index (χ0) is 21.2. The highest BCUT2D eigenvalue weighted by molar-refractivity contribution is 6.30.